The maximum Gasteiger partial charge on any atom is 0.202 e. The lowest BCUT2D eigenvalue weighted by molar-refractivity contribution is 0.976. The fourth-order valence-corrected chi connectivity index (χ4v) is 1.65. The Bertz CT molecular complexity index is 413. The number of nitrogens with one attached hydrogen (secondary N) is 1. The summed E-state index contributed by atoms with van der Waals surface area (Å²) in [6, 6.07) is 0. The number of hydrogen-bond acceptors (Lipinski definition) is 6. The molecule has 2 aromatic heterocycles. The minimum absolute atomic E-state index is 0.631. The molecule has 0 aliphatic heterocycles. The van der Waals surface area contributed by atoms with E-state index in [1.807, 2.05) is 0 Å². The smallest absolute Gasteiger partial charge is 0.202 e. The van der Waals surface area contributed by atoms with Crippen LogP contribution in [0.2, 0.25) is 0 Å². The van der Waals surface area contributed by atoms with E-state index in [0.29, 0.717) is 11.5 Å². The third kappa shape index (κ3) is 2.47. The number of aromatic nitrogens is 4. The highest BCUT2D eigenvalue weighted by Gasteiger charge is 2.06. The maximum atomic E-state index is 4.31. The van der Waals surface area contributed by atoms with Gasteiger partial charge in [0.1, 0.15) is 5.69 Å². The van der Waals surface area contributed by atoms with Crippen LogP contribution in [0.5, 0.6) is 0 Å². The van der Waals surface area contributed by atoms with Crippen molar-refractivity contribution in [3.8, 4) is 11.5 Å². The zero-order chi connectivity index (χ0) is 10.5. The topological polar surface area (TPSA) is 63.6 Å². The van der Waals surface area contributed by atoms with E-state index < -0.39 is 0 Å². The lowest BCUT2D eigenvalue weighted by atomic mass is 10.4. The van der Waals surface area contributed by atoms with Gasteiger partial charge in [0.15, 0.2) is 5.82 Å². The molecule has 0 saturated carbocycles. The Balaban J connectivity index is 2.14. The van der Waals surface area contributed by atoms with E-state index in [1.54, 1.807) is 18.6 Å². The van der Waals surface area contributed by atoms with Crippen molar-refractivity contribution in [2.24, 2.45) is 0 Å². The largest absolute Gasteiger partial charge is 0.360 e. The Morgan fingerprint density at radius 3 is 3.07 bits per heavy atom. The Hall–Kier alpha value is -1.56. The van der Waals surface area contributed by atoms with Crippen LogP contribution < -0.4 is 5.32 Å². The summed E-state index contributed by atoms with van der Waals surface area (Å²) in [6.45, 7) is 3.02. The third-order valence-corrected chi connectivity index (χ3v) is 2.42. The van der Waals surface area contributed by atoms with Gasteiger partial charge in [-0.1, -0.05) is 6.92 Å². The first-order valence-electron chi connectivity index (χ1n) is 4.74. The van der Waals surface area contributed by atoms with Crippen molar-refractivity contribution in [1.29, 1.82) is 0 Å². The Labute approximate surface area is 91.8 Å². The first-order chi connectivity index (χ1) is 7.40. The molecule has 2 aromatic rings. The van der Waals surface area contributed by atoms with Gasteiger partial charge in [-0.15, -0.1) is 0 Å². The van der Waals surface area contributed by atoms with Gasteiger partial charge >= 0.3 is 0 Å². The summed E-state index contributed by atoms with van der Waals surface area (Å²) in [5.74, 6) is 0.631. The summed E-state index contributed by atoms with van der Waals surface area (Å²) in [5, 5.41) is 4.01. The van der Waals surface area contributed by atoms with Crippen LogP contribution >= 0.6 is 11.5 Å². The van der Waals surface area contributed by atoms with E-state index in [1.165, 1.54) is 11.5 Å². The number of anilines is 1. The molecule has 6 heteroatoms. The Kier molecular flexibility index (Phi) is 3.18. The van der Waals surface area contributed by atoms with E-state index in [9.17, 15) is 0 Å². The van der Waals surface area contributed by atoms with Crippen LogP contribution in [0.4, 0.5) is 5.13 Å². The third-order valence-electron chi connectivity index (χ3n) is 1.74. The average Bonchev–Trinajstić information content (AvgIpc) is 2.76. The molecule has 5 nitrogen and oxygen atoms in total. The van der Waals surface area contributed by atoms with E-state index in [0.717, 1.165) is 18.1 Å². The predicted molar refractivity (Wildman–Crippen MR) is 59.7 cm³/mol. The summed E-state index contributed by atoms with van der Waals surface area (Å²) >= 11 is 1.34. The number of nitrogens with zero attached hydrogens (tertiary/aromatic N) is 4. The molecular formula is C9H11N5S. The standard InChI is InChI=1S/C9H11N5S/c1-2-3-12-9-13-8(14-15-9)7-6-10-4-5-11-7/h4-6H,2-3H2,1H3,(H,12,13,14). The summed E-state index contributed by atoms with van der Waals surface area (Å²) in [5.41, 5.74) is 0.707. The zero-order valence-electron chi connectivity index (χ0n) is 8.34. The molecule has 0 atom stereocenters. The van der Waals surface area contributed by atoms with Gasteiger partial charge in [0.2, 0.25) is 5.13 Å². The molecule has 0 aromatic carbocycles. The Morgan fingerprint density at radius 1 is 1.40 bits per heavy atom. The Morgan fingerprint density at radius 2 is 2.33 bits per heavy atom. The van der Waals surface area contributed by atoms with E-state index in [-0.39, 0.29) is 0 Å². The molecule has 0 amide bonds. The van der Waals surface area contributed by atoms with Gasteiger partial charge in [-0.05, 0) is 6.42 Å². The number of rotatable bonds is 4. The maximum absolute atomic E-state index is 4.31. The van der Waals surface area contributed by atoms with Crippen LogP contribution in [-0.4, -0.2) is 25.9 Å². The molecule has 2 rings (SSSR count). The van der Waals surface area contributed by atoms with Gasteiger partial charge < -0.3 is 5.32 Å². The van der Waals surface area contributed by atoms with Crippen LogP contribution in [-0.2, 0) is 0 Å². The van der Waals surface area contributed by atoms with Gasteiger partial charge in [-0.25, -0.2) is 4.98 Å². The van der Waals surface area contributed by atoms with Crippen molar-refractivity contribution in [1.82, 2.24) is 19.3 Å². The van der Waals surface area contributed by atoms with Gasteiger partial charge in [-0.2, -0.15) is 9.36 Å². The summed E-state index contributed by atoms with van der Waals surface area (Å²) < 4.78 is 4.20. The van der Waals surface area contributed by atoms with Crippen LogP contribution in [0.15, 0.2) is 18.6 Å². The van der Waals surface area contributed by atoms with Crippen molar-refractivity contribution >= 4 is 16.7 Å². The quantitative estimate of drug-likeness (QED) is 0.853. The predicted octanol–water partition coefficient (Wildman–Crippen LogP) is 1.82. The molecular weight excluding hydrogens is 210 g/mol. The average molecular weight is 221 g/mol. The molecule has 2 heterocycles. The van der Waals surface area contributed by atoms with Crippen molar-refractivity contribution < 1.29 is 0 Å². The lowest BCUT2D eigenvalue weighted by Gasteiger charge is -1.95. The van der Waals surface area contributed by atoms with Gasteiger partial charge in [0.05, 0.1) is 6.20 Å². The minimum atomic E-state index is 0.631. The number of hydrogen-bond donors (Lipinski definition) is 1. The normalized spacial score (nSPS) is 10.2. The SMILES string of the molecule is CCCNc1nc(-c2cnccn2)ns1. The van der Waals surface area contributed by atoms with Crippen molar-refractivity contribution in [3.05, 3.63) is 18.6 Å². The molecule has 15 heavy (non-hydrogen) atoms. The molecule has 0 aliphatic rings. The minimum Gasteiger partial charge on any atom is -0.360 e. The van der Waals surface area contributed by atoms with Gasteiger partial charge in [0, 0.05) is 30.5 Å². The lowest BCUT2D eigenvalue weighted by Crippen LogP contribution is -1.98. The van der Waals surface area contributed by atoms with E-state index in [4.69, 9.17) is 0 Å². The molecule has 0 fully saturated rings. The molecule has 78 valence electrons. The first-order valence-corrected chi connectivity index (χ1v) is 5.51. The van der Waals surface area contributed by atoms with Gasteiger partial charge in [-0.3, -0.25) is 4.98 Å². The molecule has 0 bridgehead atoms. The fourth-order valence-electron chi connectivity index (χ4n) is 1.05. The highest BCUT2D eigenvalue weighted by molar-refractivity contribution is 7.09. The van der Waals surface area contributed by atoms with Crippen LogP contribution in [0, 0.1) is 0 Å². The van der Waals surface area contributed by atoms with Crippen LogP contribution in [0.25, 0.3) is 11.5 Å². The fraction of sp³-hybridized carbons (Fsp3) is 0.333. The summed E-state index contributed by atoms with van der Waals surface area (Å²) in [4.78, 5) is 12.4. The summed E-state index contributed by atoms with van der Waals surface area (Å²) in [7, 11) is 0. The van der Waals surface area contributed by atoms with Crippen molar-refractivity contribution in [3.63, 3.8) is 0 Å². The molecule has 0 unspecified atom stereocenters. The highest BCUT2D eigenvalue weighted by Crippen LogP contribution is 2.17. The van der Waals surface area contributed by atoms with E-state index >= 15 is 0 Å². The second-order valence-electron chi connectivity index (χ2n) is 2.94. The van der Waals surface area contributed by atoms with Crippen molar-refractivity contribution in [2.75, 3.05) is 11.9 Å². The van der Waals surface area contributed by atoms with Gasteiger partial charge in [0.25, 0.3) is 0 Å². The zero-order valence-corrected chi connectivity index (χ0v) is 9.16. The first kappa shape index (κ1) is 9.97. The highest BCUT2D eigenvalue weighted by atomic mass is 32.1. The van der Waals surface area contributed by atoms with Crippen molar-refractivity contribution in [2.45, 2.75) is 13.3 Å². The molecule has 0 saturated heterocycles. The molecule has 1 N–H and O–H groups in total. The van der Waals surface area contributed by atoms with E-state index in [2.05, 4.69) is 31.6 Å². The summed E-state index contributed by atoms with van der Waals surface area (Å²) in [6.07, 6.45) is 5.99. The van der Waals surface area contributed by atoms with Crippen LogP contribution in [0.3, 0.4) is 0 Å². The second-order valence-corrected chi connectivity index (χ2v) is 3.69. The molecule has 0 radical (unpaired) electrons. The second kappa shape index (κ2) is 4.79. The van der Waals surface area contributed by atoms with Crippen LogP contribution in [0.1, 0.15) is 13.3 Å². The molecule has 0 spiro atoms. The monoisotopic (exact) mass is 221 g/mol. The molecule has 0 aliphatic carbocycles.